The molecular formula is C10H20O6. The van der Waals surface area contributed by atoms with Crippen molar-refractivity contribution in [2.75, 3.05) is 28.4 Å². The van der Waals surface area contributed by atoms with Crippen LogP contribution in [0.2, 0.25) is 0 Å². The van der Waals surface area contributed by atoms with Crippen LogP contribution in [0.5, 0.6) is 0 Å². The summed E-state index contributed by atoms with van der Waals surface area (Å²) in [7, 11) is 5.90. The number of hydrogen-bond donors (Lipinski definition) is 2. The van der Waals surface area contributed by atoms with Crippen molar-refractivity contribution >= 4 is 0 Å². The summed E-state index contributed by atoms with van der Waals surface area (Å²) in [5.41, 5.74) is 0. The predicted molar refractivity (Wildman–Crippen MR) is 55.2 cm³/mol. The third kappa shape index (κ3) is 2.22. The van der Waals surface area contributed by atoms with Crippen molar-refractivity contribution in [3.8, 4) is 0 Å². The SMILES string of the molecule is CO[C@H]1[C@H](OC)[C@@H](OC)[C@H](O)[C@H](O)[C@H]1OC. The maximum atomic E-state index is 9.86. The van der Waals surface area contributed by atoms with E-state index < -0.39 is 36.6 Å². The first-order valence-electron chi connectivity index (χ1n) is 5.09. The number of aliphatic hydroxyl groups is 2. The van der Waals surface area contributed by atoms with Gasteiger partial charge in [-0.25, -0.2) is 0 Å². The molecule has 0 saturated heterocycles. The molecule has 1 aliphatic carbocycles. The molecule has 0 spiro atoms. The van der Waals surface area contributed by atoms with Gasteiger partial charge in [-0.2, -0.15) is 0 Å². The summed E-state index contributed by atoms with van der Waals surface area (Å²) in [4.78, 5) is 0. The van der Waals surface area contributed by atoms with Gasteiger partial charge in [0.2, 0.25) is 0 Å². The molecule has 1 fully saturated rings. The average molecular weight is 236 g/mol. The van der Waals surface area contributed by atoms with Gasteiger partial charge in [-0.3, -0.25) is 0 Å². The number of methoxy groups -OCH3 is 4. The minimum absolute atomic E-state index is 0.488. The average Bonchev–Trinajstić information content (AvgIpc) is 2.31. The van der Waals surface area contributed by atoms with Crippen LogP contribution in [0.3, 0.4) is 0 Å². The van der Waals surface area contributed by atoms with E-state index in [1.807, 2.05) is 0 Å². The van der Waals surface area contributed by atoms with Crippen LogP contribution in [0.1, 0.15) is 0 Å². The Hall–Kier alpha value is -0.240. The van der Waals surface area contributed by atoms with Crippen molar-refractivity contribution < 1.29 is 29.2 Å². The molecule has 1 saturated carbocycles. The van der Waals surface area contributed by atoms with E-state index in [0.717, 1.165) is 0 Å². The fraction of sp³-hybridized carbons (Fsp3) is 1.00. The topological polar surface area (TPSA) is 77.4 Å². The van der Waals surface area contributed by atoms with Gasteiger partial charge in [-0.1, -0.05) is 0 Å². The maximum absolute atomic E-state index is 9.86. The number of ether oxygens (including phenoxy) is 4. The van der Waals surface area contributed by atoms with Gasteiger partial charge in [0, 0.05) is 28.4 Å². The molecular weight excluding hydrogens is 216 g/mol. The quantitative estimate of drug-likeness (QED) is 0.637. The fourth-order valence-electron chi connectivity index (χ4n) is 2.23. The monoisotopic (exact) mass is 236 g/mol. The molecule has 0 aromatic rings. The molecule has 96 valence electrons. The molecule has 2 N–H and O–H groups in total. The third-order valence-electron chi connectivity index (χ3n) is 3.08. The number of hydrogen-bond acceptors (Lipinski definition) is 6. The fourth-order valence-corrected chi connectivity index (χ4v) is 2.23. The lowest BCUT2D eigenvalue weighted by molar-refractivity contribution is -0.247. The van der Waals surface area contributed by atoms with Crippen LogP contribution < -0.4 is 0 Å². The van der Waals surface area contributed by atoms with Crippen molar-refractivity contribution in [3.05, 3.63) is 0 Å². The smallest absolute Gasteiger partial charge is 0.115 e. The van der Waals surface area contributed by atoms with Crippen LogP contribution in [0.15, 0.2) is 0 Å². The van der Waals surface area contributed by atoms with Gasteiger partial charge in [0.25, 0.3) is 0 Å². The normalized spacial score (nSPS) is 44.6. The van der Waals surface area contributed by atoms with Crippen LogP contribution in [0, 0.1) is 0 Å². The van der Waals surface area contributed by atoms with Crippen LogP contribution in [0.25, 0.3) is 0 Å². The van der Waals surface area contributed by atoms with Gasteiger partial charge in [0.1, 0.15) is 36.6 Å². The Labute approximate surface area is 95.1 Å². The highest BCUT2D eigenvalue weighted by atomic mass is 16.6. The molecule has 0 unspecified atom stereocenters. The summed E-state index contributed by atoms with van der Waals surface area (Å²) in [5, 5.41) is 19.7. The Balaban J connectivity index is 2.94. The largest absolute Gasteiger partial charge is 0.387 e. The van der Waals surface area contributed by atoms with Gasteiger partial charge >= 0.3 is 0 Å². The van der Waals surface area contributed by atoms with E-state index in [4.69, 9.17) is 18.9 Å². The van der Waals surface area contributed by atoms with Crippen LogP contribution >= 0.6 is 0 Å². The molecule has 0 aromatic heterocycles. The molecule has 1 aliphatic rings. The summed E-state index contributed by atoms with van der Waals surface area (Å²) in [6.07, 6.45) is -4.39. The minimum Gasteiger partial charge on any atom is -0.387 e. The van der Waals surface area contributed by atoms with Gasteiger partial charge in [0.05, 0.1) is 0 Å². The lowest BCUT2D eigenvalue weighted by Gasteiger charge is -2.45. The Bertz CT molecular complexity index is 189. The van der Waals surface area contributed by atoms with Crippen molar-refractivity contribution in [1.29, 1.82) is 0 Å². The van der Waals surface area contributed by atoms with Crippen LogP contribution in [0.4, 0.5) is 0 Å². The van der Waals surface area contributed by atoms with E-state index in [1.165, 1.54) is 28.4 Å². The molecule has 1 rings (SSSR count). The first-order valence-corrected chi connectivity index (χ1v) is 5.09. The molecule has 0 aliphatic heterocycles. The van der Waals surface area contributed by atoms with Crippen LogP contribution in [-0.4, -0.2) is 75.3 Å². The second-order valence-corrected chi connectivity index (χ2v) is 3.78. The van der Waals surface area contributed by atoms with Crippen LogP contribution in [-0.2, 0) is 18.9 Å². The zero-order valence-corrected chi connectivity index (χ0v) is 9.99. The molecule has 0 aromatic carbocycles. The lowest BCUT2D eigenvalue weighted by Crippen LogP contribution is -2.65. The van der Waals surface area contributed by atoms with E-state index >= 15 is 0 Å². The Kier molecular flexibility index (Phi) is 5.10. The Morgan fingerprint density at radius 2 is 0.812 bits per heavy atom. The van der Waals surface area contributed by atoms with Gasteiger partial charge in [-0.15, -0.1) is 0 Å². The lowest BCUT2D eigenvalue weighted by atomic mass is 9.84. The van der Waals surface area contributed by atoms with Gasteiger partial charge in [0.15, 0.2) is 0 Å². The van der Waals surface area contributed by atoms with E-state index in [0.29, 0.717) is 0 Å². The summed E-state index contributed by atoms with van der Waals surface area (Å²) >= 11 is 0. The molecule has 0 amide bonds. The molecule has 6 atom stereocenters. The van der Waals surface area contributed by atoms with Crippen molar-refractivity contribution in [2.24, 2.45) is 0 Å². The zero-order chi connectivity index (χ0) is 12.3. The first-order chi connectivity index (χ1) is 7.62. The van der Waals surface area contributed by atoms with E-state index in [-0.39, 0.29) is 0 Å². The van der Waals surface area contributed by atoms with Crippen molar-refractivity contribution in [1.82, 2.24) is 0 Å². The predicted octanol–water partition coefficient (Wildman–Crippen LogP) is -1.22. The van der Waals surface area contributed by atoms with E-state index in [1.54, 1.807) is 0 Å². The first kappa shape index (κ1) is 13.8. The second kappa shape index (κ2) is 5.90. The second-order valence-electron chi connectivity index (χ2n) is 3.78. The van der Waals surface area contributed by atoms with Crippen molar-refractivity contribution in [3.63, 3.8) is 0 Å². The molecule has 6 heteroatoms. The number of aliphatic hydroxyl groups excluding tert-OH is 2. The van der Waals surface area contributed by atoms with Gasteiger partial charge in [-0.05, 0) is 0 Å². The molecule has 16 heavy (non-hydrogen) atoms. The van der Waals surface area contributed by atoms with Crippen molar-refractivity contribution in [2.45, 2.75) is 36.6 Å². The zero-order valence-electron chi connectivity index (χ0n) is 9.99. The Morgan fingerprint density at radius 3 is 1.00 bits per heavy atom. The Morgan fingerprint density at radius 1 is 0.562 bits per heavy atom. The maximum Gasteiger partial charge on any atom is 0.115 e. The molecule has 0 bridgehead atoms. The highest BCUT2D eigenvalue weighted by Gasteiger charge is 2.51. The molecule has 0 heterocycles. The molecule has 6 nitrogen and oxygen atoms in total. The minimum atomic E-state index is -1.06. The summed E-state index contributed by atoms with van der Waals surface area (Å²) in [6.45, 7) is 0. The summed E-state index contributed by atoms with van der Waals surface area (Å²) in [6, 6.07) is 0. The highest BCUT2D eigenvalue weighted by Crippen LogP contribution is 2.28. The summed E-state index contributed by atoms with van der Waals surface area (Å²) < 4.78 is 20.8. The van der Waals surface area contributed by atoms with E-state index in [9.17, 15) is 10.2 Å². The third-order valence-corrected chi connectivity index (χ3v) is 3.08. The summed E-state index contributed by atoms with van der Waals surface area (Å²) in [5.74, 6) is 0. The number of rotatable bonds is 4. The van der Waals surface area contributed by atoms with Gasteiger partial charge < -0.3 is 29.2 Å². The standard InChI is InChI=1S/C10H20O6/c1-13-7-5(11)6(12)8(14-2)10(16-4)9(7)15-3/h5-12H,1-4H3/t5-,6+,7+,8-,9-,10-/m1/s1. The van der Waals surface area contributed by atoms with E-state index in [2.05, 4.69) is 0 Å². The highest BCUT2D eigenvalue weighted by molar-refractivity contribution is 5.01. The molecule has 0 radical (unpaired) electrons.